The predicted octanol–water partition coefficient (Wildman–Crippen LogP) is 0.962. The molecule has 7 nitrogen and oxygen atoms in total. The number of carboxylic acid groups (broad SMARTS) is 1. The van der Waals surface area contributed by atoms with Crippen molar-refractivity contribution in [1.29, 1.82) is 0 Å². The molecule has 0 saturated carbocycles. The Morgan fingerprint density at radius 3 is 2.38 bits per heavy atom. The van der Waals surface area contributed by atoms with E-state index in [0.29, 0.717) is 5.69 Å². The van der Waals surface area contributed by atoms with E-state index in [4.69, 9.17) is 5.11 Å². The molecular formula is C13H13N3O4S. The van der Waals surface area contributed by atoms with E-state index in [0.717, 1.165) is 5.69 Å². The highest BCUT2D eigenvalue weighted by Crippen LogP contribution is 2.11. The van der Waals surface area contributed by atoms with Gasteiger partial charge in [-0.25, -0.2) is 17.9 Å². The number of carbonyl (C=O) groups is 1. The van der Waals surface area contributed by atoms with Crippen LogP contribution in [0.5, 0.6) is 0 Å². The molecule has 2 N–H and O–H groups in total. The largest absolute Gasteiger partial charge is 0.478 e. The minimum atomic E-state index is -3.72. The van der Waals surface area contributed by atoms with Gasteiger partial charge in [-0.1, -0.05) is 0 Å². The van der Waals surface area contributed by atoms with E-state index in [2.05, 4.69) is 14.7 Å². The topological polar surface area (TPSA) is 109 Å². The fourth-order valence-electron chi connectivity index (χ4n) is 1.54. The molecule has 8 heteroatoms. The van der Waals surface area contributed by atoms with Gasteiger partial charge in [0.25, 0.3) is 0 Å². The first kappa shape index (κ1) is 15.1. The molecule has 1 aromatic carbocycles. The number of hydrogen-bond donors (Lipinski definition) is 2. The molecule has 0 unspecified atom stereocenters. The maximum Gasteiger partial charge on any atom is 0.335 e. The van der Waals surface area contributed by atoms with Gasteiger partial charge in [-0.05, 0) is 31.2 Å². The van der Waals surface area contributed by atoms with Crippen molar-refractivity contribution in [3.63, 3.8) is 0 Å². The normalized spacial score (nSPS) is 11.3. The number of sulfonamides is 1. The number of aromatic nitrogens is 2. The molecule has 1 heterocycles. The van der Waals surface area contributed by atoms with Crippen molar-refractivity contribution < 1.29 is 18.3 Å². The zero-order chi connectivity index (χ0) is 15.5. The van der Waals surface area contributed by atoms with Gasteiger partial charge in [-0.3, -0.25) is 9.97 Å². The van der Waals surface area contributed by atoms with Crippen LogP contribution in [0, 0.1) is 6.92 Å². The fraction of sp³-hybridized carbons (Fsp3) is 0.154. The summed E-state index contributed by atoms with van der Waals surface area (Å²) in [7, 11) is -3.72. The number of aromatic carboxylic acids is 1. The third kappa shape index (κ3) is 3.83. The molecule has 0 fully saturated rings. The van der Waals surface area contributed by atoms with Crippen LogP contribution in [0.2, 0.25) is 0 Å². The van der Waals surface area contributed by atoms with E-state index >= 15 is 0 Å². The molecule has 0 amide bonds. The first-order valence-electron chi connectivity index (χ1n) is 5.99. The average Bonchev–Trinajstić information content (AvgIpc) is 2.47. The molecule has 2 aromatic rings. The highest BCUT2D eigenvalue weighted by atomic mass is 32.2. The summed E-state index contributed by atoms with van der Waals surface area (Å²) in [5, 5.41) is 8.77. The van der Waals surface area contributed by atoms with Crippen molar-refractivity contribution in [2.45, 2.75) is 18.4 Å². The lowest BCUT2D eigenvalue weighted by Gasteiger charge is -2.06. The van der Waals surface area contributed by atoms with Crippen LogP contribution >= 0.6 is 0 Å². The number of rotatable bonds is 5. The summed E-state index contributed by atoms with van der Waals surface area (Å²) >= 11 is 0. The molecule has 0 bridgehead atoms. The van der Waals surface area contributed by atoms with Crippen LogP contribution in [0.4, 0.5) is 0 Å². The molecule has 110 valence electrons. The smallest absolute Gasteiger partial charge is 0.335 e. The monoisotopic (exact) mass is 307 g/mol. The lowest BCUT2D eigenvalue weighted by atomic mass is 10.2. The van der Waals surface area contributed by atoms with Crippen LogP contribution in [0.25, 0.3) is 0 Å². The second-order valence-corrected chi connectivity index (χ2v) is 6.07. The highest BCUT2D eigenvalue weighted by Gasteiger charge is 2.14. The Hall–Kier alpha value is -2.32. The Morgan fingerprint density at radius 1 is 1.19 bits per heavy atom. The van der Waals surface area contributed by atoms with Crippen molar-refractivity contribution >= 4 is 16.0 Å². The van der Waals surface area contributed by atoms with E-state index in [1.165, 1.54) is 30.5 Å². The Morgan fingerprint density at radius 2 is 1.86 bits per heavy atom. The molecule has 0 radical (unpaired) electrons. The quantitative estimate of drug-likeness (QED) is 0.851. The van der Waals surface area contributed by atoms with Crippen molar-refractivity contribution in [3.8, 4) is 0 Å². The van der Waals surface area contributed by atoms with E-state index in [1.54, 1.807) is 13.1 Å². The van der Waals surface area contributed by atoms with Gasteiger partial charge >= 0.3 is 5.97 Å². The third-order valence-electron chi connectivity index (χ3n) is 2.69. The molecule has 0 saturated heterocycles. The zero-order valence-electron chi connectivity index (χ0n) is 11.1. The zero-order valence-corrected chi connectivity index (χ0v) is 12.0. The average molecular weight is 307 g/mol. The number of nitrogens with one attached hydrogen (secondary N) is 1. The third-order valence-corrected chi connectivity index (χ3v) is 4.11. The minimum Gasteiger partial charge on any atom is -0.478 e. The first-order chi connectivity index (χ1) is 9.88. The van der Waals surface area contributed by atoms with Gasteiger partial charge in [0, 0.05) is 6.20 Å². The Kier molecular flexibility index (Phi) is 4.29. The maximum absolute atomic E-state index is 12.0. The summed E-state index contributed by atoms with van der Waals surface area (Å²) in [4.78, 5) is 18.8. The summed E-state index contributed by atoms with van der Waals surface area (Å²) in [6, 6.07) is 4.96. The second kappa shape index (κ2) is 5.98. The van der Waals surface area contributed by atoms with Crippen LogP contribution in [0.3, 0.4) is 0 Å². The molecule has 1 aromatic heterocycles. The Balaban J connectivity index is 2.11. The van der Waals surface area contributed by atoms with Crippen LogP contribution in [0.1, 0.15) is 21.7 Å². The van der Waals surface area contributed by atoms with Crippen molar-refractivity contribution in [2.75, 3.05) is 0 Å². The molecule has 2 rings (SSSR count). The highest BCUT2D eigenvalue weighted by molar-refractivity contribution is 7.89. The standard InChI is InChI=1S/C13H13N3O4S/c1-9-6-15-11(7-14-9)8-16-21(19,20)12-4-2-10(3-5-12)13(17)18/h2-7,16H,8H2,1H3,(H,17,18). The predicted molar refractivity (Wildman–Crippen MR) is 74.2 cm³/mol. The maximum atomic E-state index is 12.0. The molecule has 0 aliphatic heterocycles. The van der Waals surface area contributed by atoms with Gasteiger partial charge < -0.3 is 5.11 Å². The number of benzene rings is 1. The van der Waals surface area contributed by atoms with Gasteiger partial charge in [0.1, 0.15) is 0 Å². The van der Waals surface area contributed by atoms with E-state index < -0.39 is 16.0 Å². The van der Waals surface area contributed by atoms with Crippen molar-refractivity contribution in [1.82, 2.24) is 14.7 Å². The summed E-state index contributed by atoms with van der Waals surface area (Å²) in [5.74, 6) is -1.11. The second-order valence-electron chi connectivity index (χ2n) is 4.30. The molecular weight excluding hydrogens is 294 g/mol. The summed E-state index contributed by atoms with van der Waals surface area (Å²) in [6.45, 7) is 1.79. The molecule has 21 heavy (non-hydrogen) atoms. The Bertz CT molecular complexity index is 740. The minimum absolute atomic E-state index is 0.00688. The van der Waals surface area contributed by atoms with Crippen LogP contribution < -0.4 is 4.72 Å². The fourth-order valence-corrected chi connectivity index (χ4v) is 2.54. The van der Waals surface area contributed by atoms with Crippen LogP contribution in [0.15, 0.2) is 41.6 Å². The van der Waals surface area contributed by atoms with E-state index in [1.807, 2.05) is 0 Å². The van der Waals surface area contributed by atoms with Gasteiger partial charge in [0.2, 0.25) is 10.0 Å². The molecule has 0 spiro atoms. The molecule has 0 atom stereocenters. The number of carboxylic acids is 1. The van der Waals surface area contributed by atoms with Gasteiger partial charge in [-0.15, -0.1) is 0 Å². The lowest BCUT2D eigenvalue weighted by Crippen LogP contribution is -2.23. The van der Waals surface area contributed by atoms with Crippen LogP contribution in [-0.2, 0) is 16.6 Å². The van der Waals surface area contributed by atoms with Crippen LogP contribution in [-0.4, -0.2) is 29.5 Å². The number of hydrogen-bond acceptors (Lipinski definition) is 5. The van der Waals surface area contributed by atoms with Crippen molar-refractivity contribution in [3.05, 3.63) is 53.6 Å². The number of aryl methyl sites for hydroxylation is 1. The Labute approximate surface area is 121 Å². The van der Waals surface area contributed by atoms with Crippen molar-refractivity contribution in [2.24, 2.45) is 0 Å². The summed E-state index contributed by atoms with van der Waals surface area (Å²) < 4.78 is 26.5. The van der Waals surface area contributed by atoms with E-state index in [-0.39, 0.29) is 17.0 Å². The van der Waals surface area contributed by atoms with Gasteiger partial charge in [0.15, 0.2) is 0 Å². The molecule has 0 aliphatic carbocycles. The van der Waals surface area contributed by atoms with Gasteiger partial charge in [-0.2, -0.15) is 0 Å². The molecule has 0 aliphatic rings. The van der Waals surface area contributed by atoms with E-state index in [9.17, 15) is 13.2 Å². The SMILES string of the molecule is Cc1cnc(CNS(=O)(=O)c2ccc(C(=O)O)cc2)cn1. The summed E-state index contributed by atoms with van der Waals surface area (Å²) in [6.07, 6.45) is 3.04. The lowest BCUT2D eigenvalue weighted by molar-refractivity contribution is 0.0696. The summed E-state index contributed by atoms with van der Waals surface area (Å²) in [5.41, 5.74) is 1.26. The van der Waals surface area contributed by atoms with Gasteiger partial charge in [0.05, 0.1) is 34.6 Å². The number of nitrogens with zero attached hydrogens (tertiary/aromatic N) is 2. The first-order valence-corrected chi connectivity index (χ1v) is 7.47.